The van der Waals surface area contributed by atoms with E-state index in [1.165, 1.54) is 11.3 Å². The molecule has 27 heavy (non-hydrogen) atoms. The van der Waals surface area contributed by atoms with Gasteiger partial charge in [-0.15, -0.1) is 0 Å². The van der Waals surface area contributed by atoms with Gasteiger partial charge in [0.15, 0.2) is 0 Å². The summed E-state index contributed by atoms with van der Waals surface area (Å²) in [6, 6.07) is 11.0. The van der Waals surface area contributed by atoms with Gasteiger partial charge >= 0.3 is 6.03 Å². The SMILES string of the molecule is CC1C[C@H](C)C[N+]1(C(N)=O)[C@H](C)c1ccc(N2CCN(CC#N)CC2)cc1. The quantitative estimate of drug-likeness (QED) is 0.653. The molecule has 1 aromatic rings. The zero-order chi connectivity index (χ0) is 19.6. The van der Waals surface area contributed by atoms with Gasteiger partial charge in [0.05, 0.1) is 25.2 Å². The van der Waals surface area contributed by atoms with Gasteiger partial charge in [0.1, 0.15) is 6.04 Å². The van der Waals surface area contributed by atoms with Crippen molar-refractivity contribution < 1.29 is 9.28 Å². The number of nitriles is 1. The van der Waals surface area contributed by atoms with Crippen molar-refractivity contribution in [1.82, 2.24) is 4.90 Å². The lowest BCUT2D eigenvalue weighted by Crippen LogP contribution is -2.59. The van der Waals surface area contributed by atoms with Crippen LogP contribution in [0.15, 0.2) is 24.3 Å². The zero-order valence-corrected chi connectivity index (χ0v) is 16.8. The Hall–Kier alpha value is -2.10. The second kappa shape index (κ2) is 7.87. The predicted octanol–water partition coefficient (Wildman–Crippen LogP) is 2.72. The largest absolute Gasteiger partial charge is 0.414 e. The van der Waals surface area contributed by atoms with Crippen LogP contribution in [0.25, 0.3) is 0 Å². The number of carbonyl (C=O) groups is 1. The fourth-order valence-electron chi connectivity index (χ4n) is 5.07. The maximum absolute atomic E-state index is 12.5. The molecule has 3 rings (SSSR count). The number of piperazine rings is 1. The van der Waals surface area contributed by atoms with E-state index in [0.717, 1.165) is 39.1 Å². The Labute approximate surface area is 162 Å². The van der Waals surface area contributed by atoms with Crippen molar-refractivity contribution in [2.45, 2.75) is 39.3 Å². The third kappa shape index (κ3) is 3.67. The van der Waals surface area contributed by atoms with Crippen molar-refractivity contribution in [3.63, 3.8) is 0 Å². The number of nitrogens with two attached hydrogens (primary N) is 1. The Balaban J connectivity index is 1.73. The summed E-state index contributed by atoms with van der Waals surface area (Å²) in [5, 5.41) is 8.83. The first kappa shape index (κ1) is 19.7. The molecule has 1 aromatic carbocycles. The van der Waals surface area contributed by atoms with Crippen LogP contribution in [0.3, 0.4) is 0 Å². The second-order valence-electron chi connectivity index (χ2n) is 8.33. The average molecular weight is 371 g/mol. The number of amides is 2. The zero-order valence-electron chi connectivity index (χ0n) is 16.8. The van der Waals surface area contributed by atoms with E-state index < -0.39 is 0 Å². The summed E-state index contributed by atoms with van der Waals surface area (Å²) in [7, 11) is 0. The molecule has 2 amide bonds. The highest BCUT2D eigenvalue weighted by Crippen LogP contribution is 2.40. The van der Waals surface area contributed by atoms with Gasteiger partial charge < -0.3 is 10.6 Å². The lowest BCUT2D eigenvalue weighted by molar-refractivity contribution is -0.890. The van der Waals surface area contributed by atoms with Gasteiger partial charge in [-0.25, -0.2) is 9.28 Å². The number of carbonyl (C=O) groups excluding carboxylic acids is 1. The number of hydrogen-bond donors (Lipinski definition) is 1. The molecule has 0 bridgehead atoms. The van der Waals surface area contributed by atoms with Gasteiger partial charge in [-0.1, -0.05) is 19.1 Å². The third-order valence-corrected chi connectivity index (χ3v) is 6.65. The number of urea groups is 1. The van der Waals surface area contributed by atoms with Crippen LogP contribution in [-0.4, -0.2) is 60.7 Å². The Morgan fingerprint density at radius 1 is 1.26 bits per heavy atom. The van der Waals surface area contributed by atoms with Gasteiger partial charge in [-0.05, 0) is 26.0 Å². The summed E-state index contributed by atoms with van der Waals surface area (Å²) in [5.74, 6) is 0.513. The molecule has 0 aromatic heterocycles. The Morgan fingerprint density at radius 2 is 1.89 bits per heavy atom. The molecular formula is C21H32N5O+. The van der Waals surface area contributed by atoms with Crippen molar-refractivity contribution in [2.24, 2.45) is 11.7 Å². The first-order valence-electron chi connectivity index (χ1n) is 10.00. The highest BCUT2D eigenvalue weighted by molar-refractivity contribution is 5.65. The summed E-state index contributed by atoms with van der Waals surface area (Å²) < 4.78 is 0.355. The lowest BCUT2D eigenvalue weighted by Gasteiger charge is -2.40. The molecule has 2 saturated heterocycles. The molecule has 2 unspecified atom stereocenters. The number of likely N-dealkylation sites (tertiary alicyclic amines) is 1. The molecule has 2 aliphatic rings. The predicted molar refractivity (Wildman–Crippen MR) is 107 cm³/mol. The standard InChI is InChI=1S/C21H31N5O/c1-16-14-17(2)26(15-16,21(23)27)18(3)19-4-6-20(7-5-19)25-12-10-24(9-8-22)11-13-25/h4-7,16-18H,9-15H2,1-3H3,(H-,23,27)/p+1/t16-,17?,18+,26?/m0/s1. The number of rotatable bonds is 4. The van der Waals surface area contributed by atoms with E-state index in [-0.39, 0.29) is 18.1 Å². The fourth-order valence-corrected chi connectivity index (χ4v) is 5.07. The van der Waals surface area contributed by atoms with Crippen molar-refractivity contribution in [3.8, 4) is 6.07 Å². The average Bonchev–Trinajstić information content (AvgIpc) is 2.97. The number of anilines is 1. The van der Waals surface area contributed by atoms with E-state index in [1.54, 1.807) is 0 Å². The Bertz CT molecular complexity index is 704. The van der Waals surface area contributed by atoms with Crippen molar-refractivity contribution in [1.29, 1.82) is 5.26 Å². The smallest absolute Gasteiger partial charge is 0.369 e. The van der Waals surface area contributed by atoms with Crippen molar-refractivity contribution >= 4 is 11.7 Å². The fraction of sp³-hybridized carbons (Fsp3) is 0.619. The molecule has 0 saturated carbocycles. The van der Waals surface area contributed by atoms with Crippen LogP contribution in [0, 0.1) is 17.2 Å². The van der Waals surface area contributed by atoms with E-state index in [4.69, 9.17) is 11.0 Å². The number of hydrogen-bond acceptors (Lipinski definition) is 4. The number of nitrogens with zero attached hydrogens (tertiary/aromatic N) is 4. The highest BCUT2D eigenvalue weighted by atomic mass is 16.2. The number of primary amides is 1. The normalized spacial score (nSPS) is 30.1. The molecule has 146 valence electrons. The maximum Gasteiger partial charge on any atom is 0.414 e. The van der Waals surface area contributed by atoms with Crippen LogP contribution in [0.4, 0.5) is 10.5 Å². The van der Waals surface area contributed by atoms with Crippen molar-refractivity contribution in [2.75, 3.05) is 44.2 Å². The van der Waals surface area contributed by atoms with Crippen LogP contribution in [-0.2, 0) is 0 Å². The summed E-state index contributed by atoms with van der Waals surface area (Å²) in [6.45, 7) is 11.5. The molecule has 2 fully saturated rings. The minimum atomic E-state index is -0.211. The molecule has 2 N–H and O–H groups in total. The van der Waals surface area contributed by atoms with Crippen LogP contribution in [0.5, 0.6) is 0 Å². The molecule has 2 heterocycles. The Morgan fingerprint density at radius 3 is 2.37 bits per heavy atom. The highest BCUT2D eigenvalue weighted by Gasteiger charge is 2.51. The summed E-state index contributed by atoms with van der Waals surface area (Å²) >= 11 is 0. The number of quaternary nitrogens is 1. The minimum Gasteiger partial charge on any atom is -0.369 e. The van der Waals surface area contributed by atoms with E-state index in [0.29, 0.717) is 16.9 Å². The molecular weight excluding hydrogens is 338 g/mol. The van der Waals surface area contributed by atoms with Crippen LogP contribution >= 0.6 is 0 Å². The summed E-state index contributed by atoms with van der Waals surface area (Å²) in [5.41, 5.74) is 8.28. The number of benzene rings is 1. The van der Waals surface area contributed by atoms with Crippen LogP contribution in [0.1, 0.15) is 38.8 Å². The third-order valence-electron chi connectivity index (χ3n) is 6.65. The van der Waals surface area contributed by atoms with Crippen LogP contribution < -0.4 is 10.6 Å². The van der Waals surface area contributed by atoms with E-state index >= 15 is 0 Å². The molecule has 6 heteroatoms. The van der Waals surface area contributed by atoms with E-state index in [9.17, 15) is 4.79 Å². The van der Waals surface area contributed by atoms with E-state index in [1.807, 2.05) is 0 Å². The minimum absolute atomic E-state index is 0.0592. The van der Waals surface area contributed by atoms with E-state index in [2.05, 4.69) is 60.9 Å². The molecule has 2 aliphatic heterocycles. The second-order valence-corrected chi connectivity index (χ2v) is 8.33. The first-order valence-corrected chi connectivity index (χ1v) is 10.00. The van der Waals surface area contributed by atoms with Gasteiger partial charge in [0, 0.05) is 49.8 Å². The summed E-state index contributed by atoms with van der Waals surface area (Å²) in [4.78, 5) is 17.0. The molecule has 0 spiro atoms. The van der Waals surface area contributed by atoms with Gasteiger partial charge in [-0.2, -0.15) is 5.26 Å². The molecule has 6 nitrogen and oxygen atoms in total. The van der Waals surface area contributed by atoms with Gasteiger partial charge in [0.25, 0.3) is 0 Å². The Kier molecular flexibility index (Phi) is 5.73. The molecule has 0 radical (unpaired) electrons. The lowest BCUT2D eigenvalue weighted by atomic mass is 10.0. The van der Waals surface area contributed by atoms with Crippen LogP contribution in [0.2, 0.25) is 0 Å². The van der Waals surface area contributed by atoms with Crippen molar-refractivity contribution in [3.05, 3.63) is 29.8 Å². The first-order chi connectivity index (χ1) is 12.9. The summed E-state index contributed by atoms with van der Waals surface area (Å²) in [6.07, 6.45) is 1.04. The topological polar surface area (TPSA) is 73.4 Å². The van der Waals surface area contributed by atoms with Gasteiger partial charge in [0.2, 0.25) is 0 Å². The molecule has 4 atom stereocenters. The maximum atomic E-state index is 12.5. The van der Waals surface area contributed by atoms with Gasteiger partial charge in [-0.3, -0.25) is 4.90 Å². The monoisotopic (exact) mass is 370 g/mol. The molecule has 0 aliphatic carbocycles.